The molecule has 1 amide bonds. The van der Waals surface area contributed by atoms with Gasteiger partial charge in [-0.1, -0.05) is 0 Å². The van der Waals surface area contributed by atoms with E-state index in [4.69, 9.17) is 5.11 Å². The highest BCUT2D eigenvalue weighted by Crippen LogP contribution is 2.24. The fourth-order valence-corrected chi connectivity index (χ4v) is 2.42. The lowest BCUT2D eigenvalue weighted by Gasteiger charge is -2.16. The standard InChI is InChI=1S/C8H12F3NO2S/c9-8(10,11)6(13)3-12-7(14)5-1-2-15-4-5/h5-6,13H,1-4H2,(H,12,14). The number of carbonyl (C=O) groups excluding carboxylic acids is 1. The van der Waals surface area contributed by atoms with E-state index in [-0.39, 0.29) is 5.92 Å². The fraction of sp³-hybridized carbons (Fsp3) is 0.875. The number of halogens is 3. The lowest BCUT2D eigenvalue weighted by Crippen LogP contribution is -2.42. The molecule has 3 nitrogen and oxygen atoms in total. The van der Waals surface area contributed by atoms with E-state index in [1.54, 1.807) is 11.8 Å². The van der Waals surface area contributed by atoms with Gasteiger partial charge in [-0.3, -0.25) is 4.79 Å². The predicted molar refractivity (Wildman–Crippen MR) is 50.5 cm³/mol. The van der Waals surface area contributed by atoms with E-state index >= 15 is 0 Å². The van der Waals surface area contributed by atoms with E-state index in [9.17, 15) is 18.0 Å². The fourth-order valence-electron chi connectivity index (χ4n) is 1.20. The smallest absolute Gasteiger partial charge is 0.382 e. The quantitative estimate of drug-likeness (QED) is 0.770. The molecule has 1 rings (SSSR count). The minimum Gasteiger partial charge on any atom is -0.382 e. The van der Waals surface area contributed by atoms with Crippen molar-refractivity contribution < 1.29 is 23.1 Å². The van der Waals surface area contributed by atoms with Crippen molar-refractivity contribution in [1.29, 1.82) is 0 Å². The summed E-state index contributed by atoms with van der Waals surface area (Å²) >= 11 is 1.60. The second kappa shape index (κ2) is 5.07. The first kappa shape index (κ1) is 12.6. The zero-order valence-electron chi connectivity index (χ0n) is 7.88. The first-order chi connectivity index (χ1) is 6.91. The number of rotatable bonds is 3. The van der Waals surface area contributed by atoms with Gasteiger partial charge in [0.1, 0.15) is 0 Å². The van der Waals surface area contributed by atoms with Crippen molar-refractivity contribution >= 4 is 17.7 Å². The number of aliphatic hydroxyl groups excluding tert-OH is 1. The SMILES string of the molecule is O=C(NCC(O)C(F)(F)F)C1CCSC1. The molecule has 0 aliphatic carbocycles. The number of nitrogens with one attached hydrogen (secondary N) is 1. The van der Waals surface area contributed by atoms with Crippen LogP contribution in [-0.2, 0) is 4.79 Å². The summed E-state index contributed by atoms with van der Waals surface area (Å²) < 4.78 is 35.6. The largest absolute Gasteiger partial charge is 0.416 e. The van der Waals surface area contributed by atoms with E-state index in [0.29, 0.717) is 12.2 Å². The zero-order chi connectivity index (χ0) is 11.5. The number of aliphatic hydroxyl groups is 1. The molecule has 0 radical (unpaired) electrons. The molecule has 1 aliphatic heterocycles. The maximum atomic E-state index is 11.9. The summed E-state index contributed by atoms with van der Waals surface area (Å²) in [6.45, 7) is -0.760. The van der Waals surface area contributed by atoms with Crippen molar-refractivity contribution in [2.45, 2.75) is 18.7 Å². The Labute approximate surface area is 89.4 Å². The van der Waals surface area contributed by atoms with Gasteiger partial charge in [0.2, 0.25) is 5.91 Å². The molecule has 0 aromatic heterocycles. The van der Waals surface area contributed by atoms with Crippen LogP contribution < -0.4 is 5.32 Å². The van der Waals surface area contributed by atoms with E-state index in [0.717, 1.165) is 5.75 Å². The molecule has 0 aromatic carbocycles. The molecule has 1 saturated heterocycles. The average molecular weight is 243 g/mol. The zero-order valence-corrected chi connectivity index (χ0v) is 8.70. The Morgan fingerprint density at radius 3 is 2.73 bits per heavy atom. The molecular weight excluding hydrogens is 231 g/mol. The van der Waals surface area contributed by atoms with Crippen LogP contribution in [-0.4, -0.2) is 41.3 Å². The van der Waals surface area contributed by atoms with Crippen molar-refractivity contribution in [1.82, 2.24) is 5.32 Å². The van der Waals surface area contributed by atoms with Crippen LogP contribution in [0.4, 0.5) is 13.2 Å². The Morgan fingerprint density at radius 2 is 2.27 bits per heavy atom. The lowest BCUT2D eigenvalue weighted by molar-refractivity contribution is -0.201. The Balaban J connectivity index is 2.27. The summed E-state index contributed by atoms with van der Waals surface area (Å²) in [5.41, 5.74) is 0. The topological polar surface area (TPSA) is 49.3 Å². The van der Waals surface area contributed by atoms with Crippen LogP contribution in [0.5, 0.6) is 0 Å². The average Bonchev–Trinajstić information content (AvgIpc) is 2.64. The maximum absolute atomic E-state index is 11.9. The Kier molecular flexibility index (Phi) is 4.27. The van der Waals surface area contributed by atoms with E-state index in [1.165, 1.54) is 0 Å². The van der Waals surface area contributed by atoms with Crippen molar-refractivity contribution in [3.63, 3.8) is 0 Å². The number of amides is 1. The van der Waals surface area contributed by atoms with Gasteiger partial charge in [-0.2, -0.15) is 24.9 Å². The molecule has 0 spiro atoms. The molecule has 0 aromatic rings. The summed E-state index contributed by atoms with van der Waals surface area (Å²) in [5.74, 6) is 0.896. The van der Waals surface area contributed by atoms with Crippen molar-refractivity contribution in [3.8, 4) is 0 Å². The van der Waals surface area contributed by atoms with E-state index in [2.05, 4.69) is 5.32 Å². The Morgan fingerprint density at radius 1 is 1.60 bits per heavy atom. The molecule has 7 heteroatoms. The van der Waals surface area contributed by atoms with Crippen molar-refractivity contribution in [2.75, 3.05) is 18.1 Å². The third-order valence-corrected chi connectivity index (χ3v) is 3.31. The number of alkyl halides is 3. The molecule has 1 heterocycles. The van der Waals surface area contributed by atoms with Gasteiger partial charge in [0, 0.05) is 11.7 Å². The second-order valence-corrected chi connectivity index (χ2v) is 4.51. The molecule has 2 unspecified atom stereocenters. The summed E-state index contributed by atoms with van der Waals surface area (Å²) in [6.07, 6.45) is -6.45. The van der Waals surface area contributed by atoms with Crippen LogP contribution >= 0.6 is 11.8 Å². The van der Waals surface area contributed by atoms with Crippen LogP contribution in [0.1, 0.15) is 6.42 Å². The van der Waals surface area contributed by atoms with Gasteiger partial charge in [0.05, 0.1) is 6.54 Å². The van der Waals surface area contributed by atoms with Gasteiger partial charge in [0.15, 0.2) is 6.10 Å². The first-order valence-corrected chi connectivity index (χ1v) is 5.67. The Hall–Kier alpha value is -0.430. The molecular formula is C8H12F3NO2S. The van der Waals surface area contributed by atoms with Gasteiger partial charge in [-0.05, 0) is 12.2 Å². The summed E-state index contributed by atoms with van der Waals surface area (Å²) in [5, 5.41) is 10.7. The van der Waals surface area contributed by atoms with Crippen molar-refractivity contribution in [2.24, 2.45) is 5.92 Å². The van der Waals surface area contributed by atoms with E-state index < -0.39 is 24.7 Å². The van der Waals surface area contributed by atoms with Crippen LogP contribution in [0, 0.1) is 5.92 Å². The molecule has 2 atom stereocenters. The Bertz CT molecular complexity index is 228. The van der Waals surface area contributed by atoms with E-state index in [1.807, 2.05) is 0 Å². The molecule has 2 N–H and O–H groups in total. The van der Waals surface area contributed by atoms with Gasteiger partial charge >= 0.3 is 6.18 Å². The van der Waals surface area contributed by atoms with Crippen molar-refractivity contribution in [3.05, 3.63) is 0 Å². The molecule has 15 heavy (non-hydrogen) atoms. The summed E-state index contributed by atoms with van der Waals surface area (Å²) in [7, 11) is 0. The van der Waals surface area contributed by atoms with Gasteiger partial charge < -0.3 is 10.4 Å². The highest BCUT2D eigenvalue weighted by molar-refractivity contribution is 7.99. The lowest BCUT2D eigenvalue weighted by atomic mass is 10.1. The summed E-state index contributed by atoms with van der Waals surface area (Å²) in [6, 6.07) is 0. The predicted octanol–water partition coefficient (Wildman–Crippen LogP) is 0.779. The summed E-state index contributed by atoms with van der Waals surface area (Å²) in [4.78, 5) is 11.3. The first-order valence-electron chi connectivity index (χ1n) is 4.51. The maximum Gasteiger partial charge on any atom is 0.416 e. The van der Waals surface area contributed by atoms with Crippen LogP contribution in [0.15, 0.2) is 0 Å². The highest BCUT2D eigenvalue weighted by atomic mass is 32.2. The number of hydrogen-bond donors (Lipinski definition) is 2. The molecule has 1 fully saturated rings. The van der Waals surface area contributed by atoms with Gasteiger partial charge in [-0.15, -0.1) is 0 Å². The second-order valence-electron chi connectivity index (χ2n) is 3.36. The molecule has 88 valence electrons. The van der Waals surface area contributed by atoms with Crippen LogP contribution in [0.2, 0.25) is 0 Å². The highest BCUT2D eigenvalue weighted by Gasteiger charge is 2.38. The molecule has 0 bridgehead atoms. The normalized spacial score (nSPS) is 23.9. The molecule has 0 saturated carbocycles. The minimum absolute atomic E-state index is 0.213. The van der Waals surface area contributed by atoms with Gasteiger partial charge in [0.25, 0.3) is 0 Å². The number of carbonyl (C=O) groups is 1. The third-order valence-electron chi connectivity index (χ3n) is 2.15. The third kappa shape index (κ3) is 3.90. The van der Waals surface area contributed by atoms with Gasteiger partial charge in [-0.25, -0.2) is 0 Å². The van der Waals surface area contributed by atoms with Crippen LogP contribution in [0.25, 0.3) is 0 Å². The van der Waals surface area contributed by atoms with Crippen LogP contribution in [0.3, 0.4) is 0 Å². The number of thioether (sulfide) groups is 1. The minimum atomic E-state index is -4.67. The molecule has 1 aliphatic rings. The monoisotopic (exact) mass is 243 g/mol. The number of hydrogen-bond acceptors (Lipinski definition) is 3.